The van der Waals surface area contributed by atoms with Gasteiger partial charge in [-0.05, 0) is 62.5 Å². The molecule has 27 heavy (non-hydrogen) atoms. The molecule has 138 valence electrons. The van der Waals surface area contributed by atoms with E-state index in [0.717, 1.165) is 16.9 Å². The van der Waals surface area contributed by atoms with E-state index in [4.69, 9.17) is 0 Å². The van der Waals surface area contributed by atoms with Crippen molar-refractivity contribution in [3.8, 4) is 0 Å². The average molecular weight is 361 g/mol. The highest BCUT2D eigenvalue weighted by Crippen LogP contribution is 2.17. The predicted molar refractivity (Wildman–Crippen MR) is 114 cm³/mol. The fraction of sp³-hybridized carbons (Fsp3) is 0.0952. The number of para-hydroxylation sites is 1. The molecule has 0 spiro atoms. The Morgan fingerprint density at radius 2 is 1.56 bits per heavy atom. The Hall–Kier alpha value is -3.67. The molecule has 0 unspecified atom stereocenters. The second-order valence-electron chi connectivity index (χ2n) is 5.83. The standard InChI is InChI=1S/C21H23N5O/c1-5-19(27)23-17-12-9-13-18(14-17)25-21(22-4)26-20(15(2)3)24-16-10-7-6-8-11-16/h5-14,24H,1,4H2,2-3H3,(H,23,27)(H,25,26). The summed E-state index contributed by atoms with van der Waals surface area (Å²) in [5.74, 6) is 0.732. The molecule has 0 atom stereocenters. The molecule has 0 saturated carbocycles. The van der Waals surface area contributed by atoms with Gasteiger partial charge in [0.2, 0.25) is 11.9 Å². The van der Waals surface area contributed by atoms with E-state index in [0.29, 0.717) is 17.5 Å². The highest BCUT2D eigenvalue weighted by atomic mass is 16.1. The van der Waals surface area contributed by atoms with Gasteiger partial charge < -0.3 is 16.0 Å². The van der Waals surface area contributed by atoms with Crippen molar-refractivity contribution in [2.24, 2.45) is 9.98 Å². The van der Waals surface area contributed by atoms with Crippen molar-refractivity contribution >= 4 is 35.6 Å². The Bertz CT molecular complexity index is 880. The molecular weight excluding hydrogens is 338 g/mol. The van der Waals surface area contributed by atoms with E-state index >= 15 is 0 Å². The van der Waals surface area contributed by atoms with Gasteiger partial charge in [-0.15, -0.1) is 0 Å². The van der Waals surface area contributed by atoms with Crippen LogP contribution in [-0.2, 0) is 4.79 Å². The number of allylic oxidation sites excluding steroid dienone is 1. The van der Waals surface area contributed by atoms with E-state index in [9.17, 15) is 4.79 Å². The lowest BCUT2D eigenvalue weighted by Gasteiger charge is -2.12. The van der Waals surface area contributed by atoms with Gasteiger partial charge in [-0.3, -0.25) is 4.79 Å². The first kappa shape index (κ1) is 19.7. The normalized spacial score (nSPS) is 10.5. The highest BCUT2D eigenvalue weighted by Gasteiger charge is 2.04. The van der Waals surface area contributed by atoms with Crippen LogP contribution in [0.25, 0.3) is 0 Å². The lowest BCUT2D eigenvalue weighted by atomic mass is 10.2. The topological polar surface area (TPSA) is 77.9 Å². The number of aliphatic imine (C=N–C) groups is 2. The molecular formula is C21H23N5O. The third kappa shape index (κ3) is 6.28. The van der Waals surface area contributed by atoms with Crippen LogP contribution in [-0.4, -0.2) is 18.6 Å². The van der Waals surface area contributed by atoms with Crippen molar-refractivity contribution in [3.05, 3.63) is 78.6 Å². The maximum atomic E-state index is 11.4. The van der Waals surface area contributed by atoms with Crippen LogP contribution in [0.3, 0.4) is 0 Å². The number of guanidine groups is 1. The number of carbonyl (C=O) groups is 1. The first-order valence-electron chi connectivity index (χ1n) is 8.37. The summed E-state index contributed by atoms with van der Waals surface area (Å²) in [7, 11) is 0. The number of nitrogens with zero attached hydrogens (tertiary/aromatic N) is 2. The molecule has 1 amide bonds. The molecule has 0 radical (unpaired) electrons. The summed E-state index contributed by atoms with van der Waals surface area (Å²) in [6.45, 7) is 10.9. The maximum absolute atomic E-state index is 11.4. The third-order valence-corrected chi connectivity index (χ3v) is 3.45. The Kier molecular flexibility index (Phi) is 7.07. The zero-order valence-electron chi connectivity index (χ0n) is 15.5. The second-order valence-corrected chi connectivity index (χ2v) is 5.83. The van der Waals surface area contributed by atoms with Gasteiger partial charge >= 0.3 is 0 Å². The molecule has 2 rings (SSSR count). The fourth-order valence-electron chi connectivity index (χ4n) is 2.13. The highest BCUT2D eigenvalue weighted by molar-refractivity contribution is 6.00. The molecule has 0 aromatic heterocycles. The molecule has 6 heteroatoms. The molecule has 6 nitrogen and oxygen atoms in total. The average Bonchev–Trinajstić information content (AvgIpc) is 2.67. The van der Waals surface area contributed by atoms with E-state index in [1.165, 1.54) is 6.08 Å². The molecule has 0 bridgehead atoms. The third-order valence-electron chi connectivity index (χ3n) is 3.45. The van der Waals surface area contributed by atoms with Gasteiger partial charge in [-0.1, -0.05) is 30.8 Å². The number of nitrogens with one attached hydrogen (secondary N) is 3. The summed E-state index contributed by atoms with van der Waals surface area (Å²) in [5.41, 5.74) is 3.28. The number of amides is 1. The van der Waals surface area contributed by atoms with Crippen molar-refractivity contribution in [1.82, 2.24) is 0 Å². The quantitative estimate of drug-likeness (QED) is 0.398. The van der Waals surface area contributed by atoms with Crippen LogP contribution in [0.5, 0.6) is 0 Å². The van der Waals surface area contributed by atoms with Gasteiger partial charge in [-0.2, -0.15) is 4.99 Å². The van der Waals surface area contributed by atoms with Crippen LogP contribution in [0.2, 0.25) is 0 Å². The van der Waals surface area contributed by atoms with Crippen LogP contribution < -0.4 is 16.0 Å². The van der Waals surface area contributed by atoms with Gasteiger partial charge in [0.25, 0.3) is 0 Å². The second kappa shape index (κ2) is 9.72. The van der Waals surface area contributed by atoms with Crippen LogP contribution in [0.15, 0.2) is 88.6 Å². The Morgan fingerprint density at radius 3 is 2.15 bits per heavy atom. The zero-order valence-corrected chi connectivity index (χ0v) is 15.5. The maximum Gasteiger partial charge on any atom is 0.247 e. The largest absolute Gasteiger partial charge is 0.340 e. The Morgan fingerprint density at radius 1 is 0.926 bits per heavy atom. The number of anilines is 3. The Balaban J connectivity index is 2.20. The van der Waals surface area contributed by atoms with E-state index in [1.807, 2.05) is 56.3 Å². The molecule has 0 heterocycles. The van der Waals surface area contributed by atoms with Crippen molar-refractivity contribution in [1.29, 1.82) is 0 Å². The smallest absolute Gasteiger partial charge is 0.247 e. The molecule has 2 aromatic carbocycles. The molecule has 0 aliphatic carbocycles. The Labute approximate surface area is 159 Å². The summed E-state index contributed by atoms with van der Waals surface area (Å²) >= 11 is 0. The summed E-state index contributed by atoms with van der Waals surface area (Å²) in [5, 5.41) is 9.08. The van der Waals surface area contributed by atoms with Crippen LogP contribution in [0.1, 0.15) is 13.8 Å². The number of hydrogen-bond donors (Lipinski definition) is 3. The van der Waals surface area contributed by atoms with Crippen LogP contribution >= 0.6 is 0 Å². The van der Waals surface area contributed by atoms with Gasteiger partial charge in [0, 0.05) is 17.1 Å². The van der Waals surface area contributed by atoms with E-state index < -0.39 is 0 Å². The summed E-state index contributed by atoms with van der Waals surface area (Å²) in [4.78, 5) is 19.9. The zero-order chi connectivity index (χ0) is 19.6. The molecule has 0 fully saturated rings. The molecule has 0 aliphatic heterocycles. The van der Waals surface area contributed by atoms with E-state index in [2.05, 4.69) is 39.2 Å². The summed E-state index contributed by atoms with van der Waals surface area (Å²) < 4.78 is 0. The van der Waals surface area contributed by atoms with Crippen molar-refractivity contribution in [3.63, 3.8) is 0 Å². The molecule has 3 N–H and O–H groups in total. The van der Waals surface area contributed by atoms with E-state index in [1.54, 1.807) is 12.1 Å². The molecule has 2 aromatic rings. The molecule has 0 saturated heterocycles. The number of hydrogen-bond acceptors (Lipinski definition) is 3. The van der Waals surface area contributed by atoms with E-state index in [-0.39, 0.29) is 5.91 Å². The lowest BCUT2D eigenvalue weighted by molar-refractivity contribution is -0.111. The first-order chi connectivity index (χ1) is 13.0. The van der Waals surface area contributed by atoms with Gasteiger partial charge in [0.15, 0.2) is 0 Å². The minimum absolute atomic E-state index is 0.276. The van der Waals surface area contributed by atoms with Gasteiger partial charge in [0.1, 0.15) is 5.82 Å². The van der Waals surface area contributed by atoms with Crippen molar-refractivity contribution < 1.29 is 4.79 Å². The molecule has 0 aliphatic rings. The van der Waals surface area contributed by atoms with Crippen LogP contribution in [0, 0.1) is 0 Å². The fourth-order valence-corrected chi connectivity index (χ4v) is 2.13. The van der Waals surface area contributed by atoms with Crippen molar-refractivity contribution in [2.75, 3.05) is 16.0 Å². The number of rotatable bonds is 6. The van der Waals surface area contributed by atoms with Gasteiger partial charge in [-0.25, -0.2) is 4.99 Å². The minimum Gasteiger partial charge on any atom is -0.340 e. The predicted octanol–water partition coefficient (Wildman–Crippen LogP) is 4.64. The summed E-state index contributed by atoms with van der Waals surface area (Å²) in [6, 6.07) is 17.0. The first-order valence-corrected chi connectivity index (χ1v) is 8.37. The van der Waals surface area contributed by atoms with Crippen LogP contribution in [0.4, 0.5) is 17.1 Å². The minimum atomic E-state index is -0.276. The van der Waals surface area contributed by atoms with Crippen molar-refractivity contribution in [2.45, 2.75) is 13.8 Å². The number of carbonyl (C=O) groups excluding carboxylic acids is 1. The summed E-state index contributed by atoms with van der Waals surface area (Å²) in [6.07, 6.45) is 1.22. The van der Waals surface area contributed by atoms with Gasteiger partial charge in [0.05, 0.1) is 0 Å². The lowest BCUT2D eigenvalue weighted by Crippen LogP contribution is -2.12. The number of benzene rings is 2. The SMILES string of the molecule is C=CC(=O)Nc1cccc(NC(N=C)=NC(Nc2ccccc2)=C(C)C)c1. The monoisotopic (exact) mass is 361 g/mol.